The number of nitrogens with one attached hydrogen (secondary N) is 1. The van der Waals surface area contributed by atoms with Gasteiger partial charge in [0.15, 0.2) is 5.60 Å². The van der Waals surface area contributed by atoms with Gasteiger partial charge < -0.3 is 19.5 Å². The van der Waals surface area contributed by atoms with E-state index in [1.165, 1.54) is 39.3 Å². The smallest absolute Gasteiger partial charge is 0.339 e. The van der Waals surface area contributed by atoms with E-state index >= 15 is 0 Å². The molecule has 8 heteroatoms. The minimum Gasteiger partial charge on any atom is -0.465 e. The van der Waals surface area contributed by atoms with Crippen molar-refractivity contribution in [1.29, 1.82) is 0 Å². The number of ether oxygens (including phenoxy) is 3. The molecule has 0 saturated carbocycles. The minimum atomic E-state index is -1.51. The monoisotopic (exact) mass is 411 g/mol. The summed E-state index contributed by atoms with van der Waals surface area (Å²) in [6.07, 6.45) is 0.157. The zero-order valence-electron chi connectivity index (χ0n) is 17.0. The van der Waals surface area contributed by atoms with E-state index in [4.69, 9.17) is 9.47 Å². The predicted molar refractivity (Wildman–Crippen MR) is 106 cm³/mol. The first kappa shape index (κ1) is 21.0. The fourth-order valence-corrected chi connectivity index (χ4v) is 3.26. The van der Waals surface area contributed by atoms with E-state index in [1.54, 1.807) is 12.1 Å². The quantitative estimate of drug-likeness (QED) is 0.609. The van der Waals surface area contributed by atoms with Crippen LogP contribution in [-0.4, -0.2) is 43.6 Å². The second-order valence-corrected chi connectivity index (χ2v) is 7.16. The van der Waals surface area contributed by atoms with E-state index in [1.807, 2.05) is 13.0 Å². The topological polar surface area (TPSA) is 108 Å². The molecule has 156 valence electrons. The van der Waals surface area contributed by atoms with Gasteiger partial charge in [-0.15, -0.1) is 0 Å². The fraction of sp³-hybridized carbons (Fsp3) is 0.273. The average Bonchev–Trinajstić information content (AvgIpc) is 2.73. The maximum absolute atomic E-state index is 13.1. The highest BCUT2D eigenvalue weighted by Gasteiger charge is 2.43. The molecule has 0 saturated heterocycles. The van der Waals surface area contributed by atoms with Crippen LogP contribution in [0.3, 0.4) is 0 Å². The lowest BCUT2D eigenvalue weighted by atomic mass is 9.88. The van der Waals surface area contributed by atoms with Crippen LogP contribution in [-0.2, 0) is 25.4 Å². The molecular formula is C22H21NO7. The Morgan fingerprint density at radius 2 is 1.73 bits per heavy atom. The highest BCUT2D eigenvalue weighted by atomic mass is 16.6. The van der Waals surface area contributed by atoms with Gasteiger partial charge in [0, 0.05) is 6.42 Å². The zero-order chi connectivity index (χ0) is 22.1. The van der Waals surface area contributed by atoms with Crippen molar-refractivity contribution in [2.75, 3.05) is 19.5 Å². The molecule has 1 N–H and O–H groups in total. The normalized spacial score (nSPS) is 17.4. The molecule has 0 bridgehead atoms. The number of methoxy groups -OCH3 is 2. The third-order valence-electron chi connectivity index (χ3n) is 4.91. The fourth-order valence-electron chi connectivity index (χ4n) is 3.26. The molecular weight excluding hydrogens is 390 g/mol. The number of anilines is 1. The van der Waals surface area contributed by atoms with E-state index in [2.05, 4.69) is 10.1 Å². The zero-order valence-corrected chi connectivity index (χ0v) is 17.0. The number of amides is 1. The van der Waals surface area contributed by atoms with Crippen molar-refractivity contribution in [3.05, 3.63) is 64.2 Å². The Bertz CT molecular complexity index is 1060. The number of carbonyl (C=O) groups excluding carboxylic acids is 4. The van der Waals surface area contributed by atoms with Crippen LogP contribution in [0.1, 0.15) is 49.1 Å². The van der Waals surface area contributed by atoms with Crippen molar-refractivity contribution in [3.63, 3.8) is 0 Å². The molecule has 3 rings (SSSR count). The Morgan fingerprint density at radius 1 is 1.03 bits per heavy atom. The van der Waals surface area contributed by atoms with Crippen molar-refractivity contribution >= 4 is 29.5 Å². The Hall–Kier alpha value is -3.68. The molecule has 1 atom stereocenters. The van der Waals surface area contributed by atoms with Crippen LogP contribution in [0.2, 0.25) is 0 Å². The molecule has 30 heavy (non-hydrogen) atoms. The van der Waals surface area contributed by atoms with Gasteiger partial charge in [0.2, 0.25) is 0 Å². The van der Waals surface area contributed by atoms with E-state index in [0.29, 0.717) is 11.1 Å². The standard InChI is InChI=1S/C22H21NO7/c1-12-5-6-14-11-22(2,30-20(26)16(14)9-12)21(27)23-17-10-13(18(24)28-3)7-8-15(17)19(25)29-4/h5-10H,11H2,1-4H3,(H,23,27). The predicted octanol–water partition coefficient (Wildman–Crippen LogP) is 2.68. The number of aryl methyl sites for hydroxylation is 1. The number of benzene rings is 2. The maximum atomic E-state index is 13.1. The molecule has 0 aromatic heterocycles. The Morgan fingerprint density at radius 3 is 2.40 bits per heavy atom. The highest BCUT2D eigenvalue weighted by Crippen LogP contribution is 2.31. The molecule has 2 aromatic rings. The first-order valence-electron chi connectivity index (χ1n) is 9.13. The number of cyclic esters (lactones) is 1. The molecule has 1 amide bonds. The van der Waals surface area contributed by atoms with Gasteiger partial charge in [0.05, 0.1) is 36.6 Å². The van der Waals surface area contributed by atoms with E-state index in [9.17, 15) is 19.2 Å². The van der Waals surface area contributed by atoms with Crippen LogP contribution in [0.25, 0.3) is 0 Å². The summed E-state index contributed by atoms with van der Waals surface area (Å²) in [5, 5.41) is 2.59. The van der Waals surface area contributed by atoms with Gasteiger partial charge in [0.1, 0.15) is 0 Å². The van der Waals surface area contributed by atoms with Crippen LogP contribution in [0.15, 0.2) is 36.4 Å². The number of rotatable bonds is 4. The van der Waals surface area contributed by atoms with Gasteiger partial charge in [-0.1, -0.05) is 17.7 Å². The molecule has 0 aliphatic carbocycles. The second-order valence-electron chi connectivity index (χ2n) is 7.16. The molecule has 0 spiro atoms. The van der Waals surface area contributed by atoms with Crippen LogP contribution >= 0.6 is 0 Å². The minimum absolute atomic E-state index is 0.0419. The summed E-state index contributed by atoms with van der Waals surface area (Å²) in [6, 6.07) is 9.39. The number of hydrogen-bond acceptors (Lipinski definition) is 7. The molecule has 8 nitrogen and oxygen atoms in total. The summed E-state index contributed by atoms with van der Waals surface area (Å²) in [6.45, 7) is 3.35. The van der Waals surface area contributed by atoms with E-state index < -0.39 is 29.4 Å². The molecule has 0 radical (unpaired) electrons. The molecule has 1 unspecified atom stereocenters. The Kier molecular flexibility index (Phi) is 5.60. The molecule has 1 aliphatic rings. The molecule has 1 heterocycles. The Balaban J connectivity index is 1.94. The summed E-state index contributed by atoms with van der Waals surface area (Å²) in [4.78, 5) is 49.5. The molecule has 0 fully saturated rings. The first-order chi connectivity index (χ1) is 14.2. The number of hydrogen-bond donors (Lipinski definition) is 1. The highest BCUT2D eigenvalue weighted by molar-refractivity contribution is 6.07. The van der Waals surface area contributed by atoms with Crippen molar-refractivity contribution in [1.82, 2.24) is 0 Å². The van der Waals surface area contributed by atoms with Gasteiger partial charge >= 0.3 is 17.9 Å². The molecule has 2 aromatic carbocycles. The van der Waals surface area contributed by atoms with Gasteiger partial charge in [0.25, 0.3) is 5.91 Å². The second kappa shape index (κ2) is 7.98. The third-order valence-corrected chi connectivity index (χ3v) is 4.91. The van der Waals surface area contributed by atoms with Crippen LogP contribution in [0, 0.1) is 6.92 Å². The van der Waals surface area contributed by atoms with Gasteiger partial charge in [-0.3, -0.25) is 4.79 Å². The summed E-state index contributed by atoms with van der Waals surface area (Å²) in [5.41, 5.74) is 0.720. The van der Waals surface area contributed by atoms with E-state index in [0.717, 1.165) is 5.56 Å². The van der Waals surface area contributed by atoms with Crippen LogP contribution in [0.4, 0.5) is 5.69 Å². The number of carbonyl (C=O) groups is 4. The largest absolute Gasteiger partial charge is 0.465 e. The van der Waals surface area contributed by atoms with Crippen LogP contribution < -0.4 is 5.32 Å². The number of fused-ring (bicyclic) bond motifs is 1. The Labute approximate surface area is 173 Å². The summed E-state index contributed by atoms with van der Waals surface area (Å²) >= 11 is 0. The van der Waals surface area contributed by atoms with Crippen molar-refractivity contribution in [3.8, 4) is 0 Å². The van der Waals surface area contributed by atoms with Crippen molar-refractivity contribution < 1.29 is 33.4 Å². The summed E-state index contributed by atoms with van der Waals surface area (Å²) in [5.74, 6) is -2.59. The average molecular weight is 411 g/mol. The first-order valence-corrected chi connectivity index (χ1v) is 9.13. The van der Waals surface area contributed by atoms with Gasteiger partial charge in [-0.25, -0.2) is 14.4 Å². The lowest BCUT2D eigenvalue weighted by Crippen LogP contribution is -2.49. The summed E-state index contributed by atoms with van der Waals surface area (Å²) < 4.78 is 14.9. The summed E-state index contributed by atoms with van der Waals surface area (Å²) in [7, 11) is 2.42. The lowest BCUT2D eigenvalue weighted by Gasteiger charge is -2.33. The van der Waals surface area contributed by atoms with Crippen molar-refractivity contribution in [2.24, 2.45) is 0 Å². The number of esters is 3. The van der Waals surface area contributed by atoms with E-state index in [-0.39, 0.29) is 23.2 Å². The third kappa shape index (κ3) is 3.89. The lowest BCUT2D eigenvalue weighted by molar-refractivity contribution is -0.134. The SMILES string of the molecule is COC(=O)c1ccc(C(=O)OC)c(NC(=O)C2(C)Cc3ccc(C)cc3C(=O)O2)c1. The maximum Gasteiger partial charge on any atom is 0.339 e. The van der Waals surface area contributed by atoms with Crippen molar-refractivity contribution in [2.45, 2.75) is 25.9 Å². The van der Waals surface area contributed by atoms with Crippen LogP contribution in [0.5, 0.6) is 0 Å². The van der Waals surface area contributed by atoms with Gasteiger partial charge in [-0.05, 0) is 43.7 Å². The van der Waals surface area contributed by atoms with Gasteiger partial charge in [-0.2, -0.15) is 0 Å². The molecule has 1 aliphatic heterocycles.